The normalized spacial score (nSPS) is 11.8. The Morgan fingerprint density at radius 1 is 1.12 bits per heavy atom. The maximum Gasteiger partial charge on any atom is 0.433 e. The fourth-order valence-corrected chi connectivity index (χ4v) is 3.44. The van der Waals surface area contributed by atoms with E-state index < -0.39 is 23.5 Å². The van der Waals surface area contributed by atoms with Crippen LogP contribution in [-0.2, 0) is 12.7 Å². The standard InChI is InChI=1S/C18H11Cl3F3N7O/c1-8-4-12(18(22,23)24)31-15(26-8)13(21)14(28-31)16(32)27-17-25-7-30(29-17)6-9-2-3-10(19)11(20)5-9/h2-5,7H,6H2,1H3,(H,27,29,32). The molecular weight excluding hydrogens is 494 g/mol. The van der Waals surface area contributed by atoms with E-state index in [0.29, 0.717) is 14.6 Å². The first kappa shape index (κ1) is 22.3. The average molecular weight is 505 g/mol. The van der Waals surface area contributed by atoms with Gasteiger partial charge in [0.1, 0.15) is 17.0 Å². The summed E-state index contributed by atoms with van der Waals surface area (Å²) in [6, 6.07) is 5.85. The Balaban J connectivity index is 1.58. The third-order valence-corrected chi connectivity index (χ3v) is 5.34. The highest BCUT2D eigenvalue weighted by Crippen LogP contribution is 2.32. The van der Waals surface area contributed by atoms with Gasteiger partial charge in [-0.3, -0.25) is 10.1 Å². The van der Waals surface area contributed by atoms with Gasteiger partial charge >= 0.3 is 6.18 Å². The predicted molar refractivity (Wildman–Crippen MR) is 111 cm³/mol. The summed E-state index contributed by atoms with van der Waals surface area (Å²) in [4.78, 5) is 20.5. The van der Waals surface area contributed by atoms with E-state index in [1.165, 1.54) is 17.9 Å². The molecule has 1 N–H and O–H groups in total. The van der Waals surface area contributed by atoms with Crippen molar-refractivity contribution in [3.05, 3.63) is 68.3 Å². The summed E-state index contributed by atoms with van der Waals surface area (Å²) in [6.07, 6.45) is -3.37. The van der Waals surface area contributed by atoms with Gasteiger partial charge in [-0.05, 0) is 30.7 Å². The molecule has 3 aromatic heterocycles. The third-order valence-electron chi connectivity index (χ3n) is 4.26. The van der Waals surface area contributed by atoms with Crippen LogP contribution in [0.1, 0.15) is 27.4 Å². The van der Waals surface area contributed by atoms with Gasteiger partial charge in [0, 0.05) is 5.69 Å². The molecule has 0 unspecified atom stereocenters. The molecule has 0 saturated heterocycles. The van der Waals surface area contributed by atoms with Crippen molar-refractivity contribution in [2.75, 3.05) is 5.32 Å². The number of alkyl halides is 3. The third kappa shape index (κ3) is 4.36. The van der Waals surface area contributed by atoms with Gasteiger partial charge in [-0.2, -0.15) is 18.3 Å². The van der Waals surface area contributed by atoms with Gasteiger partial charge in [0.2, 0.25) is 5.95 Å². The van der Waals surface area contributed by atoms with Gasteiger partial charge in [-0.25, -0.2) is 19.2 Å². The van der Waals surface area contributed by atoms with Gasteiger partial charge in [-0.15, -0.1) is 5.10 Å². The zero-order chi connectivity index (χ0) is 23.2. The highest BCUT2D eigenvalue weighted by Gasteiger charge is 2.36. The molecule has 3 heterocycles. The summed E-state index contributed by atoms with van der Waals surface area (Å²) in [6.45, 7) is 1.66. The molecule has 0 atom stereocenters. The van der Waals surface area contributed by atoms with Crippen molar-refractivity contribution in [1.29, 1.82) is 0 Å². The van der Waals surface area contributed by atoms with Crippen LogP contribution >= 0.6 is 34.8 Å². The van der Waals surface area contributed by atoms with E-state index in [2.05, 4.69) is 25.5 Å². The molecule has 0 fully saturated rings. The fourth-order valence-electron chi connectivity index (χ4n) is 2.87. The molecule has 4 rings (SSSR count). The number of rotatable bonds is 4. The van der Waals surface area contributed by atoms with Gasteiger partial charge in [-0.1, -0.05) is 40.9 Å². The van der Waals surface area contributed by atoms with Gasteiger partial charge in [0.05, 0.1) is 16.6 Å². The lowest BCUT2D eigenvalue weighted by atomic mass is 10.2. The number of fused-ring (bicyclic) bond motifs is 1. The number of carbonyl (C=O) groups excluding carboxylic acids is 1. The number of benzene rings is 1. The predicted octanol–water partition coefficient (Wildman–Crippen LogP) is 4.91. The van der Waals surface area contributed by atoms with E-state index in [9.17, 15) is 18.0 Å². The van der Waals surface area contributed by atoms with Crippen LogP contribution in [0.4, 0.5) is 19.1 Å². The second-order valence-corrected chi connectivity index (χ2v) is 7.84. The minimum Gasteiger partial charge on any atom is -0.288 e. The number of hydrogen-bond donors (Lipinski definition) is 1. The smallest absolute Gasteiger partial charge is 0.288 e. The number of halogens is 6. The summed E-state index contributed by atoms with van der Waals surface area (Å²) in [5.74, 6) is -0.984. The quantitative estimate of drug-likeness (QED) is 0.427. The summed E-state index contributed by atoms with van der Waals surface area (Å²) < 4.78 is 41.9. The number of aromatic nitrogens is 6. The molecule has 4 aromatic rings. The summed E-state index contributed by atoms with van der Waals surface area (Å²) in [7, 11) is 0. The van der Waals surface area contributed by atoms with Crippen LogP contribution < -0.4 is 5.32 Å². The molecule has 0 aliphatic heterocycles. The first-order chi connectivity index (χ1) is 15.0. The van der Waals surface area contributed by atoms with Crippen LogP contribution in [0.3, 0.4) is 0 Å². The molecule has 0 bridgehead atoms. The Kier molecular flexibility index (Phi) is 5.74. The fraction of sp³-hybridized carbons (Fsp3) is 0.167. The van der Waals surface area contributed by atoms with Crippen molar-refractivity contribution >= 4 is 52.3 Å². The van der Waals surface area contributed by atoms with E-state index >= 15 is 0 Å². The van der Waals surface area contributed by atoms with Gasteiger partial charge in [0.15, 0.2) is 11.3 Å². The highest BCUT2D eigenvalue weighted by molar-refractivity contribution is 6.42. The number of amides is 1. The lowest BCUT2D eigenvalue weighted by Gasteiger charge is -2.09. The van der Waals surface area contributed by atoms with E-state index in [-0.39, 0.29) is 28.9 Å². The van der Waals surface area contributed by atoms with E-state index in [4.69, 9.17) is 34.8 Å². The van der Waals surface area contributed by atoms with Crippen LogP contribution in [0.15, 0.2) is 30.6 Å². The van der Waals surface area contributed by atoms with E-state index in [0.717, 1.165) is 11.6 Å². The Bertz CT molecular complexity index is 1350. The minimum absolute atomic E-state index is 0.0706. The first-order valence-electron chi connectivity index (χ1n) is 8.80. The summed E-state index contributed by atoms with van der Waals surface area (Å²) >= 11 is 18.0. The molecule has 32 heavy (non-hydrogen) atoms. The molecule has 0 saturated carbocycles. The zero-order valence-corrected chi connectivity index (χ0v) is 18.2. The summed E-state index contributed by atoms with van der Waals surface area (Å²) in [5, 5.41) is 10.6. The number of aryl methyl sites for hydroxylation is 1. The molecule has 14 heteroatoms. The zero-order valence-electron chi connectivity index (χ0n) is 16.0. The Morgan fingerprint density at radius 2 is 1.88 bits per heavy atom. The van der Waals surface area contributed by atoms with E-state index in [1.54, 1.807) is 18.2 Å². The number of hydrogen-bond acceptors (Lipinski definition) is 5. The molecular formula is C18H11Cl3F3N7O. The van der Waals surface area contributed by atoms with Crippen LogP contribution in [0.2, 0.25) is 15.1 Å². The van der Waals surface area contributed by atoms with Crippen molar-refractivity contribution in [2.45, 2.75) is 19.6 Å². The van der Waals surface area contributed by atoms with Crippen molar-refractivity contribution < 1.29 is 18.0 Å². The van der Waals surface area contributed by atoms with Crippen LogP contribution in [0.25, 0.3) is 5.65 Å². The SMILES string of the molecule is Cc1cc(C(F)(F)F)n2nc(C(=O)Nc3ncn(Cc4ccc(Cl)c(Cl)c4)n3)c(Cl)c2n1. The number of nitrogens with one attached hydrogen (secondary N) is 1. The maximum absolute atomic E-state index is 13.3. The first-order valence-corrected chi connectivity index (χ1v) is 9.94. The Labute approximate surface area is 192 Å². The summed E-state index contributed by atoms with van der Waals surface area (Å²) in [5.41, 5.74) is -0.990. The lowest BCUT2D eigenvalue weighted by molar-refractivity contribution is -0.142. The second-order valence-electron chi connectivity index (χ2n) is 6.65. The molecule has 1 aromatic carbocycles. The highest BCUT2D eigenvalue weighted by atomic mass is 35.5. The maximum atomic E-state index is 13.3. The van der Waals surface area contributed by atoms with Gasteiger partial charge in [0.25, 0.3) is 5.91 Å². The molecule has 0 spiro atoms. The van der Waals surface area contributed by atoms with Crippen molar-refractivity contribution in [1.82, 2.24) is 29.4 Å². The largest absolute Gasteiger partial charge is 0.433 e. The Hall–Kier alpha value is -2.89. The molecule has 8 nitrogen and oxygen atoms in total. The lowest BCUT2D eigenvalue weighted by Crippen LogP contribution is -2.16. The van der Waals surface area contributed by atoms with Crippen LogP contribution in [0.5, 0.6) is 0 Å². The van der Waals surface area contributed by atoms with Crippen molar-refractivity contribution in [2.24, 2.45) is 0 Å². The number of anilines is 1. The molecule has 0 radical (unpaired) electrons. The Morgan fingerprint density at radius 3 is 2.56 bits per heavy atom. The number of carbonyl (C=O) groups is 1. The molecule has 0 aliphatic rings. The molecule has 0 aliphatic carbocycles. The van der Waals surface area contributed by atoms with Crippen LogP contribution in [-0.4, -0.2) is 35.3 Å². The monoisotopic (exact) mass is 503 g/mol. The number of nitrogens with zero attached hydrogens (tertiary/aromatic N) is 6. The molecule has 1 amide bonds. The van der Waals surface area contributed by atoms with Gasteiger partial charge < -0.3 is 0 Å². The molecule has 166 valence electrons. The van der Waals surface area contributed by atoms with Crippen LogP contribution in [0, 0.1) is 6.92 Å². The second kappa shape index (κ2) is 8.23. The van der Waals surface area contributed by atoms with Crippen molar-refractivity contribution in [3.63, 3.8) is 0 Å². The van der Waals surface area contributed by atoms with Crippen molar-refractivity contribution in [3.8, 4) is 0 Å². The minimum atomic E-state index is -4.72. The average Bonchev–Trinajstić information content (AvgIpc) is 3.28. The topological polar surface area (TPSA) is 90.0 Å². The van der Waals surface area contributed by atoms with E-state index in [1.807, 2.05) is 0 Å².